The fourth-order valence-electron chi connectivity index (χ4n) is 2.06. The lowest BCUT2D eigenvalue weighted by atomic mass is 10.2. The number of anilines is 1. The molecule has 0 aliphatic carbocycles. The van der Waals surface area contributed by atoms with Crippen LogP contribution in [0.15, 0.2) is 36.8 Å². The number of fused-ring (bicyclic) bond motifs is 1. The average Bonchev–Trinajstić information content (AvgIpc) is 2.59. The van der Waals surface area contributed by atoms with Crippen LogP contribution >= 0.6 is 11.6 Å². The Bertz CT molecular complexity index is 840. The topological polar surface area (TPSA) is 72.8 Å². The normalized spacial score (nSPS) is 11.0. The van der Waals surface area contributed by atoms with Crippen LogP contribution in [-0.4, -0.2) is 26.5 Å². The highest BCUT2D eigenvalue weighted by molar-refractivity contribution is 6.31. The van der Waals surface area contributed by atoms with Gasteiger partial charge in [0.05, 0.1) is 6.61 Å². The van der Waals surface area contributed by atoms with Gasteiger partial charge in [-0.25, -0.2) is 15.0 Å². The van der Waals surface area contributed by atoms with Crippen molar-refractivity contribution in [1.82, 2.24) is 19.9 Å². The highest BCUT2D eigenvalue weighted by Crippen LogP contribution is 2.23. The zero-order valence-electron chi connectivity index (χ0n) is 13.5. The third-order valence-corrected chi connectivity index (χ3v) is 3.49. The van der Waals surface area contributed by atoms with Gasteiger partial charge in [-0.1, -0.05) is 25.4 Å². The van der Waals surface area contributed by atoms with Gasteiger partial charge in [0.2, 0.25) is 5.88 Å². The second kappa shape index (κ2) is 7.40. The average molecular weight is 344 g/mol. The number of rotatable bonds is 6. The summed E-state index contributed by atoms with van der Waals surface area (Å²) >= 11 is 6.22. The molecule has 24 heavy (non-hydrogen) atoms. The van der Waals surface area contributed by atoms with E-state index in [1.807, 2.05) is 18.2 Å². The maximum atomic E-state index is 6.22. The first kappa shape index (κ1) is 16.4. The van der Waals surface area contributed by atoms with Crippen molar-refractivity contribution in [3.63, 3.8) is 0 Å². The Balaban J connectivity index is 1.66. The maximum Gasteiger partial charge on any atom is 0.232 e. The quantitative estimate of drug-likeness (QED) is 0.735. The molecule has 3 aromatic heterocycles. The molecule has 0 radical (unpaired) electrons. The van der Waals surface area contributed by atoms with Crippen molar-refractivity contribution >= 4 is 28.6 Å². The molecule has 7 heteroatoms. The predicted octanol–water partition coefficient (Wildman–Crippen LogP) is 3.72. The number of pyridine rings is 2. The number of nitrogens with zero attached hydrogens (tertiary/aromatic N) is 4. The van der Waals surface area contributed by atoms with Crippen LogP contribution in [-0.2, 0) is 6.54 Å². The molecule has 124 valence electrons. The number of nitrogens with one attached hydrogen (secondary N) is 1. The minimum absolute atomic E-state index is 0.422. The van der Waals surface area contributed by atoms with Gasteiger partial charge in [-0.05, 0) is 29.7 Å². The molecule has 0 aliphatic heterocycles. The number of ether oxygens (including phenoxy) is 1. The van der Waals surface area contributed by atoms with Crippen molar-refractivity contribution in [3.8, 4) is 5.88 Å². The van der Waals surface area contributed by atoms with Crippen molar-refractivity contribution in [2.45, 2.75) is 20.4 Å². The van der Waals surface area contributed by atoms with Crippen LogP contribution in [0.1, 0.15) is 19.4 Å². The van der Waals surface area contributed by atoms with Crippen molar-refractivity contribution in [2.75, 3.05) is 11.9 Å². The summed E-state index contributed by atoms with van der Waals surface area (Å²) in [6.45, 7) is 5.29. The summed E-state index contributed by atoms with van der Waals surface area (Å²) in [6.07, 6.45) is 5.02. The van der Waals surface area contributed by atoms with Crippen LogP contribution in [0, 0.1) is 5.92 Å². The summed E-state index contributed by atoms with van der Waals surface area (Å²) in [6, 6.07) is 5.59. The first-order chi connectivity index (χ1) is 11.6. The van der Waals surface area contributed by atoms with E-state index in [0.717, 1.165) is 16.9 Å². The minimum Gasteiger partial charge on any atom is -0.476 e. The molecular weight excluding hydrogens is 326 g/mol. The SMILES string of the molecule is CC(C)COc1ncc(CNc2ccc3nccnc3n2)cc1Cl. The lowest BCUT2D eigenvalue weighted by molar-refractivity contribution is 0.261. The molecule has 1 N–H and O–H groups in total. The maximum absolute atomic E-state index is 6.22. The fourth-order valence-corrected chi connectivity index (χ4v) is 2.30. The van der Waals surface area contributed by atoms with E-state index in [1.54, 1.807) is 18.6 Å². The molecule has 0 spiro atoms. The van der Waals surface area contributed by atoms with Gasteiger partial charge in [0.25, 0.3) is 0 Å². The molecule has 0 saturated heterocycles. The Kier molecular flexibility index (Phi) is 5.05. The Morgan fingerprint density at radius 1 is 1.17 bits per heavy atom. The summed E-state index contributed by atoms with van der Waals surface area (Å²) in [5, 5.41) is 3.74. The Hall–Kier alpha value is -2.47. The standard InChI is InChI=1S/C17H18ClN5O/c1-11(2)10-24-17-13(18)7-12(9-22-17)8-21-15-4-3-14-16(23-15)20-6-5-19-14/h3-7,9,11H,8,10H2,1-2H3,(H,20,21,23). The van der Waals surface area contributed by atoms with E-state index < -0.39 is 0 Å². The summed E-state index contributed by atoms with van der Waals surface area (Å²) in [7, 11) is 0. The van der Waals surface area contributed by atoms with Crippen molar-refractivity contribution in [2.24, 2.45) is 5.92 Å². The van der Waals surface area contributed by atoms with Gasteiger partial charge >= 0.3 is 0 Å². The highest BCUT2D eigenvalue weighted by Gasteiger charge is 2.07. The van der Waals surface area contributed by atoms with Gasteiger partial charge in [0.1, 0.15) is 16.4 Å². The number of hydrogen-bond donors (Lipinski definition) is 1. The van der Waals surface area contributed by atoms with E-state index >= 15 is 0 Å². The third kappa shape index (κ3) is 4.08. The molecule has 3 rings (SSSR count). The van der Waals surface area contributed by atoms with Crippen LogP contribution in [0.3, 0.4) is 0 Å². The van der Waals surface area contributed by atoms with E-state index in [4.69, 9.17) is 16.3 Å². The van der Waals surface area contributed by atoms with Gasteiger partial charge in [0.15, 0.2) is 5.65 Å². The van der Waals surface area contributed by atoms with Crippen LogP contribution in [0.25, 0.3) is 11.2 Å². The second-order valence-electron chi connectivity index (χ2n) is 5.78. The molecular formula is C17H18ClN5O. The largest absolute Gasteiger partial charge is 0.476 e. The van der Waals surface area contributed by atoms with E-state index in [9.17, 15) is 0 Å². The zero-order chi connectivity index (χ0) is 16.9. The molecule has 0 amide bonds. The zero-order valence-corrected chi connectivity index (χ0v) is 14.3. The third-order valence-electron chi connectivity index (χ3n) is 3.22. The van der Waals surface area contributed by atoms with Crippen LogP contribution < -0.4 is 10.1 Å². The number of aromatic nitrogens is 4. The van der Waals surface area contributed by atoms with Crippen LogP contribution in [0.2, 0.25) is 5.02 Å². The summed E-state index contributed by atoms with van der Waals surface area (Å²) in [5.41, 5.74) is 2.31. The van der Waals surface area contributed by atoms with Gasteiger partial charge in [0, 0.05) is 25.1 Å². The molecule has 0 aliphatic rings. The van der Waals surface area contributed by atoms with Crippen LogP contribution in [0.5, 0.6) is 5.88 Å². The lowest BCUT2D eigenvalue weighted by Gasteiger charge is -2.11. The molecule has 3 aromatic rings. The van der Waals surface area contributed by atoms with Gasteiger partial charge < -0.3 is 10.1 Å². The van der Waals surface area contributed by atoms with Crippen molar-refractivity contribution in [3.05, 3.63) is 47.4 Å². The molecule has 0 bridgehead atoms. The van der Waals surface area contributed by atoms with E-state index in [0.29, 0.717) is 35.6 Å². The number of halogens is 1. The Morgan fingerprint density at radius 3 is 2.79 bits per heavy atom. The monoisotopic (exact) mass is 343 g/mol. The van der Waals surface area contributed by atoms with Gasteiger partial charge in [-0.2, -0.15) is 0 Å². The number of hydrogen-bond acceptors (Lipinski definition) is 6. The molecule has 0 unspecified atom stereocenters. The molecule has 0 saturated carbocycles. The van der Waals surface area contributed by atoms with E-state index in [-0.39, 0.29) is 0 Å². The lowest BCUT2D eigenvalue weighted by Crippen LogP contribution is -2.07. The van der Waals surface area contributed by atoms with Gasteiger partial charge in [-0.15, -0.1) is 0 Å². The summed E-state index contributed by atoms with van der Waals surface area (Å²) in [5.74, 6) is 1.61. The van der Waals surface area contributed by atoms with Gasteiger partial charge in [-0.3, -0.25) is 4.98 Å². The molecule has 6 nitrogen and oxygen atoms in total. The Labute approximate surface area is 145 Å². The first-order valence-electron chi connectivity index (χ1n) is 7.70. The first-order valence-corrected chi connectivity index (χ1v) is 8.08. The smallest absolute Gasteiger partial charge is 0.232 e. The van der Waals surface area contributed by atoms with Crippen molar-refractivity contribution < 1.29 is 4.74 Å². The minimum atomic E-state index is 0.422. The molecule has 3 heterocycles. The Morgan fingerprint density at radius 2 is 2.00 bits per heavy atom. The summed E-state index contributed by atoms with van der Waals surface area (Å²) < 4.78 is 5.57. The van der Waals surface area contributed by atoms with E-state index in [1.165, 1.54) is 0 Å². The second-order valence-corrected chi connectivity index (χ2v) is 6.19. The predicted molar refractivity (Wildman–Crippen MR) is 94.2 cm³/mol. The fraction of sp³-hybridized carbons (Fsp3) is 0.294. The van der Waals surface area contributed by atoms with Crippen LogP contribution in [0.4, 0.5) is 5.82 Å². The summed E-state index contributed by atoms with van der Waals surface area (Å²) in [4.78, 5) is 17.1. The highest BCUT2D eigenvalue weighted by atomic mass is 35.5. The van der Waals surface area contributed by atoms with Crippen molar-refractivity contribution in [1.29, 1.82) is 0 Å². The molecule has 0 fully saturated rings. The molecule has 0 aromatic carbocycles. The van der Waals surface area contributed by atoms with E-state index in [2.05, 4.69) is 39.1 Å². The molecule has 0 atom stereocenters.